The zero-order chi connectivity index (χ0) is 14.5. The van der Waals surface area contributed by atoms with Gasteiger partial charge in [-0.2, -0.15) is 0 Å². The molecule has 0 aromatic carbocycles. The summed E-state index contributed by atoms with van der Waals surface area (Å²) >= 11 is 5.78. The SMILES string of the molecule is CC(C)C[C@@H](C(=O)Nc1ccc(Cl)cn1)n1cccc1. The number of hydrogen-bond donors (Lipinski definition) is 1. The number of carbonyl (C=O) groups is 1. The molecule has 4 nitrogen and oxygen atoms in total. The summed E-state index contributed by atoms with van der Waals surface area (Å²) in [5, 5.41) is 3.38. The molecule has 0 unspecified atom stereocenters. The maximum atomic E-state index is 12.4. The van der Waals surface area contributed by atoms with Crippen LogP contribution in [0.25, 0.3) is 0 Å². The first-order valence-electron chi connectivity index (χ1n) is 6.61. The molecule has 0 aliphatic rings. The van der Waals surface area contributed by atoms with Gasteiger partial charge in [-0.1, -0.05) is 25.4 Å². The molecule has 0 fully saturated rings. The Balaban J connectivity index is 2.12. The number of hydrogen-bond acceptors (Lipinski definition) is 2. The monoisotopic (exact) mass is 291 g/mol. The zero-order valence-corrected chi connectivity index (χ0v) is 12.3. The van der Waals surface area contributed by atoms with Gasteiger partial charge in [0, 0.05) is 18.6 Å². The van der Waals surface area contributed by atoms with E-state index in [2.05, 4.69) is 24.1 Å². The number of anilines is 1. The second kappa shape index (κ2) is 6.57. The second-order valence-corrected chi connectivity index (χ2v) is 5.56. The summed E-state index contributed by atoms with van der Waals surface area (Å²) in [5.74, 6) is 0.872. The van der Waals surface area contributed by atoms with Gasteiger partial charge in [0.2, 0.25) is 5.91 Å². The van der Waals surface area contributed by atoms with Gasteiger partial charge < -0.3 is 9.88 Å². The summed E-state index contributed by atoms with van der Waals surface area (Å²) < 4.78 is 1.92. The molecule has 2 aromatic heterocycles. The maximum Gasteiger partial charge on any atom is 0.248 e. The Morgan fingerprint density at radius 1 is 1.35 bits per heavy atom. The predicted octanol–water partition coefficient (Wildman–Crippen LogP) is 3.76. The van der Waals surface area contributed by atoms with Crippen molar-refractivity contribution in [3.63, 3.8) is 0 Å². The van der Waals surface area contributed by atoms with Crippen molar-refractivity contribution in [3.8, 4) is 0 Å². The molecule has 0 bridgehead atoms. The molecule has 20 heavy (non-hydrogen) atoms. The number of aromatic nitrogens is 2. The lowest BCUT2D eigenvalue weighted by Crippen LogP contribution is -2.26. The van der Waals surface area contributed by atoms with E-state index in [-0.39, 0.29) is 11.9 Å². The van der Waals surface area contributed by atoms with Crippen molar-refractivity contribution in [2.45, 2.75) is 26.3 Å². The Kier molecular flexibility index (Phi) is 4.79. The number of halogens is 1. The highest BCUT2D eigenvalue weighted by molar-refractivity contribution is 6.30. The molecule has 2 aromatic rings. The van der Waals surface area contributed by atoms with Crippen molar-refractivity contribution < 1.29 is 4.79 Å². The fourth-order valence-electron chi connectivity index (χ4n) is 2.03. The Hall–Kier alpha value is -1.81. The molecule has 1 N–H and O–H groups in total. The van der Waals surface area contributed by atoms with Crippen LogP contribution in [0.5, 0.6) is 0 Å². The van der Waals surface area contributed by atoms with Gasteiger partial charge in [0.15, 0.2) is 0 Å². The average molecular weight is 292 g/mol. The molecule has 0 aliphatic heterocycles. The van der Waals surface area contributed by atoms with Gasteiger partial charge >= 0.3 is 0 Å². The highest BCUT2D eigenvalue weighted by Gasteiger charge is 2.21. The number of carbonyl (C=O) groups excluding carboxylic acids is 1. The van der Waals surface area contributed by atoms with Gasteiger partial charge in [0.25, 0.3) is 0 Å². The van der Waals surface area contributed by atoms with Crippen LogP contribution in [0.4, 0.5) is 5.82 Å². The summed E-state index contributed by atoms with van der Waals surface area (Å²) in [6.45, 7) is 4.20. The smallest absolute Gasteiger partial charge is 0.248 e. The summed E-state index contributed by atoms with van der Waals surface area (Å²) in [6, 6.07) is 7.00. The van der Waals surface area contributed by atoms with Crippen LogP contribution in [0, 0.1) is 5.92 Å². The van der Waals surface area contributed by atoms with Crippen LogP contribution in [0.3, 0.4) is 0 Å². The van der Waals surface area contributed by atoms with E-state index in [9.17, 15) is 4.79 Å². The number of pyridine rings is 1. The third-order valence-electron chi connectivity index (χ3n) is 2.96. The number of amides is 1. The molecule has 0 saturated carbocycles. The van der Waals surface area contributed by atoms with E-state index in [4.69, 9.17) is 11.6 Å². The molecule has 2 heterocycles. The van der Waals surface area contributed by atoms with Crippen LogP contribution in [-0.2, 0) is 4.79 Å². The highest BCUT2D eigenvalue weighted by Crippen LogP contribution is 2.20. The molecule has 0 saturated heterocycles. The van der Waals surface area contributed by atoms with E-state index in [1.807, 2.05) is 29.1 Å². The minimum absolute atomic E-state index is 0.0651. The van der Waals surface area contributed by atoms with Crippen LogP contribution in [0.1, 0.15) is 26.3 Å². The van der Waals surface area contributed by atoms with Gasteiger partial charge in [-0.15, -0.1) is 0 Å². The maximum absolute atomic E-state index is 12.4. The third kappa shape index (κ3) is 3.84. The number of rotatable bonds is 5. The van der Waals surface area contributed by atoms with Crippen molar-refractivity contribution in [3.05, 3.63) is 47.9 Å². The first-order valence-corrected chi connectivity index (χ1v) is 6.99. The minimum Gasteiger partial charge on any atom is -0.342 e. The Labute approximate surface area is 123 Å². The van der Waals surface area contributed by atoms with E-state index in [0.29, 0.717) is 16.8 Å². The van der Waals surface area contributed by atoms with Crippen LogP contribution in [-0.4, -0.2) is 15.5 Å². The van der Waals surface area contributed by atoms with Gasteiger partial charge in [0.1, 0.15) is 11.9 Å². The van der Waals surface area contributed by atoms with Crippen molar-refractivity contribution in [1.29, 1.82) is 0 Å². The fraction of sp³-hybridized carbons (Fsp3) is 0.333. The van der Waals surface area contributed by atoms with Gasteiger partial charge in [-0.25, -0.2) is 4.98 Å². The van der Waals surface area contributed by atoms with Crippen LogP contribution < -0.4 is 5.32 Å². The third-order valence-corrected chi connectivity index (χ3v) is 3.19. The van der Waals surface area contributed by atoms with Crippen LogP contribution >= 0.6 is 11.6 Å². The van der Waals surface area contributed by atoms with Crippen LogP contribution in [0.2, 0.25) is 5.02 Å². The normalized spacial score (nSPS) is 12.4. The molecule has 1 atom stereocenters. The summed E-state index contributed by atoms with van der Waals surface area (Å²) in [5.41, 5.74) is 0. The van der Waals surface area contributed by atoms with Crippen LogP contribution in [0.15, 0.2) is 42.9 Å². The van der Waals surface area contributed by atoms with Gasteiger partial charge in [-0.05, 0) is 36.6 Å². The fourth-order valence-corrected chi connectivity index (χ4v) is 2.14. The quantitative estimate of drug-likeness (QED) is 0.911. The van der Waals surface area contributed by atoms with Crippen molar-refractivity contribution in [2.75, 3.05) is 5.32 Å². The molecule has 1 amide bonds. The van der Waals surface area contributed by atoms with E-state index >= 15 is 0 Å². The van der Waals surface area contributed by atoms with E-state index in [1.165, 1.54) is 6.20 Å². The van der Waals surface area contributed by atoms with Gasteiger partial charge in [-0.3, -0.25) is 4.79 Å². The van der Waals surface area contributed by atoms with Crippen molar-refractivity contribution in [1.82, 2.24) is 9.55 Å². The Morgan fingerprint density at radius 2 is 2.05 bits per heavy atom. The number of nitrogens with one attached hydrogen (secondary N) is 1. The first kappa shape index (κ1) is 14.6. The highest BCUT2D eigenvalue weighted by atomic mass is 35.5. The number of nitrogens with zero attached hydrogens (tertiary/aromatic N) is 2. The molecule has 0 spiro atoms. The lowest BCUT2D eigenvalue weighted by atomic mass is 10.0. The summed E-state index contributed by atoms with van der Waals surface area (Å²) in [7, 11) is 0. The molecule has 5 heteroatoms. The standard InChI is InChI=1S/C15H18ClN3O/c1-11(2)9-13(19-7-3-4-8-19)15(20)18-14-6-5-12(16)10-17-14/h3-8,10-11,13H,9H2,1-2H3,(H,17,18,20)/t13-/m0/s1. The lowest BCUT2D eigenvalue weighted by molar-refractivity contribution is -0.119. The van der Waals surface area contributed by atoms with E-state index in [1.54, 1.807) is 12.1 Å². The zero-order valence-electron chi connectivity index (χ0n) is 11.6. The van der Waals surface area contributed by atoms with E-state index in [0.717, 1.165) is 6.42 Å². The summed E-state index contributed by atoms with van der Waals surface area (Å²) in [4.78, 5) is 16.5. The molecular weight excluding hydrogens is 274 g/mol. The summed E-state index contributed by atoms with van der Waals surface area (Å²) in [6.07, 6.45) is 6.10. The lowest BCUT2D eigenvalue weighted by Gasteiger charge is -2.20. The Bertz CT molecular complexity index is 549. The molecule has 0 aliphatic carbocycles. The van der Waals surface area contributed by atoms with Gasteiger partial charge in [0.05, 0.1) is 5.02 Å². The molecular formula is C15H18ClN3O. The largest absolute Gasteiger partial charge is 0.342 e. The Morgan fingerprint density at radius 3 is 2.60 bits per heavy atom. The average Bonchev–Trinajstić information content (AvgIpc) is 2.92. The minimum atomic E-state index is -0.234. The molecule has 0 radical (unpaired) electrons. The van der Waals surface area contributed by atoms with Crippen molar-refractivity contribution in [2.24, 2.45) is 5.92 Å². The predicted molar refractivity (Wildman–Crippen MR) is 80.8 cm³/mol. The van der Waals surface area contributed by atoms with E-state index < -0.39 is 0 Å². The topological polar surface area (TPSA) is 46.9 Å². The molecule has 106 valence electrons. The van der Waals surface area contributed by atoms with Crippen molar-refractivity contribution >= 4 is 23.3 Å². The first-order chi connectivity index (χ1) is 9.56. The molecule has 2 rings (SSSR count). The second-order valence-electron chi connectivity index (χ2n) is 5.13.